The Hall–Kier alpha value is -1.06. The molecule has 0 heterocycles. The lowest BCUT2D eigenvalue weighted by Crippen LogP contribution is -2.47. The molecule has 4 heteroatoms. The molecule has 0 aliphatic rings. The molecule has 94 valence electrons. The zero-order valence-electron chi connectivity index (χ0n) is 11.0. The van der Waals surface area contributed by atoms with Crippen molar-refractivity contribution in [3.8, 4) is 0 Å². The van der Waals surface area contributed by atoms with Gasteiger partial charge in [-0.3, -0.25) is 4.79 Å². The summed E-state index contributed by atoms with van der Waals surface area (Å²) in [6, 6.07) is -0.813. The van der Waals surface area contributed by atoms with Crippen LogP contribution in [0.25, 0.3) is 0 Å². The number of hydrogen-bond donors (Lipinski definition) is 2. The van der Waals surface area contributed by atoms with E-state index in [1.54, 1.807) is 20.8 Å². The van der Waals surface area contributed by atoms with Crippen LogP contribution in [0.1, 0.15) is 48.0 Å². The van der Waals surface area contributed by atoms with Crippen molar-refractivity contribution in [3.63, 3.8) is 0 Å². The Morgan fingerprint density at radius 3 is 1.81 bits per heavy atom. The minimum absolute atomic E-state index is 0.131. The number of carbonyl (C=O) groups is 2. The molecule has 4 nitrogen and oxygen atoms in total. The molecule has 1 unspecified atom stereocenters. The largest absolute Gasteiger partial charge is 0.480 e. The molecule has 0 radical (unpaired) electrons. The van der Waals surface area contributed by atoms with Gasteiger partial charge in [-0.2, -0.15) is 0 Å². The molecule has 0 rings (SSSR count). The summed E-state index contributed by atoms with van der Waals surface area (Å²) in [5.74, 6) is -1.21. The van der Waals surface area contributed by atoms with Crippen LogP contribution in [0.15, 0.2) is 0 Å². The fraction of sp³-hybridized carbons (Fsp3) is 0.833. The van der Waals surface area contributed by atoms with Gasteiger partial charge in [0, 0.05) is 5.41 Å². The lowest BCUT2D eigenvalue weighted by molar-refractivity contribution is -0.144. The van der Waals surface area contributed by atoms with Gasteiger partial charge in [0.25, 0.3) is 0 Å². The van der Waals surface area contributed by atoms with Crippen molar-refractivity contribution in [2.75, 3.05) is 0 Å². The molecule has 0 bridgehead atoms. The second kappa shape index (κ2) is 4.85. The number of nitrogens with one attached hydrogen (secondary N) is 1. The molecular weight excluding hydrogens is 206 g/mol. The van der Waals surface area contributed by atoms with Crippen LogP contribution in [0.4, 0.5) is 0 Å². The van der Waals surface area contributed by atoms with Crippen molar-refractivity contribution in [2.24, 2.45) is 10.8 Å². The summed E-state index contributed by atoms with van der Waals surface area (Å²) in [4.78, 5) is 22.7. The SMILES string of the molecule is CC(C)(C)CC(NC(=O)C(C)(C)C)C(=O)O. The average molecular weight is 229 g/mol. The second-order valence-corrected chi connectivity index (χ2v) is 6.38. The summed E-state index contributed by atoms with van der Waals surface area (Å²) < 4.78 is 0. The van der Waals surface area contributed by atoms with Gasteiger partial charge in [0.2, 0.25) is 5.91 Å². The first-order valence-corrected chi connectivity index (χ1v) is 5.47. The van der Waals surface area contributed by atoms with Crippen molar-refractivity contribution in [2.45, 2.75) is 54.0 Å². The second-order valence-electron chi connectivity index (χ2n) is 6.38. The standard InChI is InChI=1S/C12H23NO3/c1-11(2,3)7-8(9(14)15)13-10(16)12(4,5)6/h8H,7H2,1-6H3,(H,13,16)(H,14,15). The van der Waals surface area contributed by atoms with E-state index >= 15 is 0 Å². The van der Waals surface area contributed by atoms with Crippen LogP contribution in [-0.2, 0) is 9.59 Å². The Bertz CT molecular complexity index is 271. The van der Waals surface area contributed by atoms with Crippen LogP contribution in [-0.4, -0.2) is 23.0 Å². The van der Waals surface area contributed by atoms with E-state index in [9.17, 15) is 9.59 Å². The van der Waals surface area contributed by atoms with Gasteiger partial charge in [0.05, 0.1) is 0 Å². The molecule has 0 aromatic heterocycles. The summed E-state index contributed by atoms with van der Waals surface area (Å²) >= 11 is 0. The molecule has 0 saturated carbocycles. The van der Waals surface area contributed by atoms with E-state index in [1.807, 2.05) is 20.8 Å². The molecule has 0 aromatic carbocycles. The number of amides is 1. The van der Waals surface area contributed by atoms with Gasteiger partial charge >= 0.3 is 5.97 Å². The first-order valence-electron chi connectivity index (χ1n) is 5.47. The molecule has 16 heavy (non-hydrogen) atoms. The maximum Gasteiger partial charge on any atom is 0.326 e. The van der Waals surface area contributed by atoms with Gasteiger partial charge < -0.3 is 10.4 Å². The minimum atomic E-state index is -0.979. The smallest absolute Gasteiger partial charge is 0.326 e. The third kappa shape index (κ3) is 5.73. The summed E-state index contributed by atoms with van der Waals surface area (Å²) in [7, 11) is 0. The van der Waals surface area contributed by atoms with Crippen LogP contribution in [0, 0.1) is 10.8 Å². The Labute approximate surface area is 97.4 Å². The predicted molar refractivity (Wildman–Crippen MR) is 63.1 cm³/mol. The topological polar surface area (TPSA) is 66.4 Å². The van der Waals surface area contributed by atoms with Gasteiger partial charge in [0.15, 0.2) is 0 Å². The van der Waals surface area contributed by atoms with Crippen molar-refractivity contribution in [1.29, 1.82) is 0 Å². The van der Waals surface area contributed by atoms with Gasteiger partial charge in [-0.15, -0.1) is 0 Å². The predicted octanol–water partition coefficient (Wildman–Crippen LogP) is 2.04. The van der Waals surface area contributed by atoms with E-state index in [-0.39, 0.29) is 11.3 Å². The maximum atomic E-state index is 11.7. The monoisotopic (exact) mass is 229 g/mol. The fourth-order valence-corrected chi connectivity index (χ4v) is 1.19. The van der Waals surface area contributed by atoms with Crippen LogP contribution < -0.4 is 5.32 Å². The van der Waals surface area contributed by atoms with E-state index in [0.717, 1.165) is 0 Å². The van der Waals surface area contributed by atoms with Crippen molar-refractivity contribution >= 4 is 11.9 Å². The third-order valence-corrected chi connectivity index (χ3v) is 2.10. The van der Waals surface area contributed by atoms with E-state index < -0.39 is 17.4 Å². The fourth-order valence-electron chi connectivity index (χ4n) is 1.19. The lowest BCUT2D eigenvalue weighted by atomic mass is 9.87. The van der Waals surface area contributed by atoms with Crippen LogP contribution in [0.5, 0.6) is 0 Å². The molecular formula is C12H23NO3. The van der Waals surface area contributed by atoms with Crippen molar-refractivity contribution < 1.29 is 14.7 Å². The van der Waals surface area contributed by atoms with Crippen LogP contribution in [0.3, 0.4) is 0 Å². The summed E-state index contributed by atoms with van der Waals surface area (Å²) in [6.45, 7) is 11.1. The van der Waals surface area contributed by atoms with Gasteiger partial charge in [-0.1, -0.05) is 41.5 Å². The molecule has 0 aliphatic heterocycles. The van der Waals surface area contributed by atoms with Crippen LogP contribution in [0.2, 0.25) is 0 Å². The van der Waals surface area contributed by atoms with E-state index in [4.69, 9.17) is 5.11 Å². The Morgan fingerprint density at radius 2 is 1.56 bits per heavy atom. The number of rotatable bonds is 3. The van der Waals surface area contributed by atoms with Crippen LogP contribution >= 0.6 is 0 Å². The summed E-state index contributed by atoms with van der Waals surface area (Å²) in [5.41, 5.74) is -0.695. The highest BCUT2D eigenvalue weighted by Gasteiger charge is 2.30. The first-order chi connectivity index (χ1) is 6.93. The number of hydrogen-bond acceptors (Lipinski definition) is 2. The van der Waals surface area contributed by atoms with Crippen molar-refractivity contribution in [3.05, 3.63) is 0 Å². The Balaban J connectivity index is 4.60. The summed E-state index contributed by atoms with van der Waals surface area (Å²) in [5, 5.41) is 11.6. The highest BCUT2D eigenvalue weighted by molar-refractivity contribution is 5.86. The number of carboxylic acid groups (broad SMARTS) is 1. The molecule has 0 aliphatic carbocycles. The van der Waals surface area contributed by atoms with E-state index in [2.05, 4.69) is 5.32 Å². The number of aliphatic carboxylic acids is 1. The molecule has 2 N–H and O–H groups in total. The molecule has 0 fully saturated rings. The summed E-state index contributed by atoms with van der Waals surface area (Å²) in [6.07, 6.45) is 0.421. The van der Waals surface area contributed by atoms with Crippen molar-refractivity contribution in [1.82, 2.24) is 5.32 Å². The molecule has 1 amide bonds. The normalized spacial score (nSPS) is 14.4. The number of carbonyl (C=O) groups excluding carboxylic acids is 1. The maximum absolute atomic E-state index is 11.7. The highest BCUT2D eigenvalue weighted by atomic mass is 16.4. The van der Waals surface area contributed by atoms with E-state index in [1.165, 1.54) is 0 Å². The quantitative estimate of drug-likeness (QED) is 0.778. The number of carboxylic acids is 1. The third-order valence-electron chi connectivity index (χ3n) is 2.10. The highest BCUT2D eigenvalue weighted by Crippen LogP contribution is 2.22. The Kier molecular flexibility index (Phi) is 4.53. The average Bonchev–Trinajstić information content (AvgIpc) is 1.98. The van der Waals surface area contributed by atoms with Gasteiger partial charge in [-0.05, 0) is 11.8 Å². The zero-order valence-corrected chi connectivity index (χ0v) is 11.0. The van der Waals surface area contributed by atoms with Gasteiger partial charge in [0.1, 0.15) is 6.04 Å². The minimum Gasteiger partial charge on any atom is -0.480 e. The Morgan fingerprint density at radius 1 is 1.12 bits per heavy atom. The molecule has 1 atom stereocenters. The zero-order chi connectivity index (χ0) is 13.1. The lowest BCUT2D eigenvalue weighted by Gasteiger charge is -2.26. The first kappa shape index (κ1) is 14.9. The van der Waals surface area contributed by atoms with E-state index in [0.29, 0.717) is 6.42 Å². The molecule has 0 spiro atoms. The molecule has 0 saturated heterocycles. The van der Waals surface area contributed by atoms with Gasteiger partial charge in [-0.25, -0.2) is 4.79 Å². The molecule has 0 aromatic rings.